The van der Waals surface area contributed by atoms with Crippen molar-refractivity contribution in [2.75, 3.05) is 24.7 Å². The Morgan fingerprint density at radius 1 is 1.04 bits per heavy atom. The Balaban J connectivity index is 2.87. The molecule has 0 fully saturated rings. The van der Waals surface area contributed by atoms with Crippen LogP contribution >= 0.6 is 0 Å². The summed E-state index contributed by atoms with van der Waals surface area (Å²) >= 11 is 0. The zero-order valence-corrected chi connectivity index (χ0v) is 15.2. The predicted octanol–water partition coefficient (Wildman–Crippen LogP) is 5.55. The van der Waals surface area contributed by atoms with Crippen molar-refractivity contribution in [3.63, 3.8) is 0 Å². The van der Waals surface area contributed by atoms with Crippen LogP contribution in [0.3, 0.4) is 0 Å². The zero-order chi connectivity index (χ0) is 17.8. The van der Waals surface area contributed by atoms with E-state index in [1.54, 1.807) is 6.08 Å². The van der Waals surface area contributed by atoms with Crippen LogP contribution in [0.4, 0.5) is 5.69 Å². The lowest BCUT2D eigenvalue weighted by molar-refractivity contribution is 0.194. The molecule has 0 aliphatic carbocycles. The molecule has 0 aliphatic rings. The number of hydrogen-bond acceptors (Lipinski definition) is 2. The second kappa shape index (κ2) is 11.5. The smallest absolute Gasteiger partial charge is 0.0652 e. The van der Waals surface area contributed by atoms with E-state index >= 15 is 0 Å². The van der Waals surface area contributed by atoms with Crippen molar-refractivity contribution in [2.45, 2.75) is 32.7 Å². The summed E-state index contributed by atoms with van der Waals surface area (Å²) in [6, 6.07) is 10.9. The lowest BCUT2D eigenvalue weighted by Gasteiger charge is -2.33. The zero-order valence-electron chi connectivity index (χ0n) is 15.2. The van der Waals surface area contributed by atoms with Crippen molar-refractivity contribution in [2.24, 2.45) is 0 Å². The highest BCUT2D eigenvalue weighted by Crippen LogP contribution is 2.24. The molecule has 0 radical (unpaired) electrons. The molecule has 1 aromatic carbocycles. The molecular weight excluding hydrogens is 294 g/mol. The molecular formula is C22H31NO. The number of rotatable bonds is 12. The van der Waals surface area contributed by atoms with E-state index in [-0.39, 0.29) is 0 Å². The van der Waals surface area contributed by atoms with Crippen molar-refractivity contribution in [3.8, 4) is 0 Å². The highest BCUT2D eigenvalue weighted by Gasteiger charge is 2.18. The molecule has 0 bridgehead atoms. The van der Waals surface area contributed by atoms with Gasteiger partial charge < -0.3 is 9.64 Å². The van der Waals surface area contributed by atoms with Crippen molar-refractivity contribution < 1.29 is 4.74 Å². The molecule has 0 heterocycles. The van der Waals surface area contributed by atoms with E-state index in [1.807, 2.05) is 6.07 Å². The van der Waals surface area contributed by atoms with Crippen molar-refractivity contribution in [1.82, 2.24) is 0 Å². The van der Waals surface area contributed by atoms with E-state index in [0.29, 0.717) is 19.3 Å². The molecule has 0 aromatic heterocycles. The minimum absolute atomic E-state index is 0.362. The Labute approximate surface area is 147 Å². The van der Waals surface area contributed by atoms with Gasteiger partial charge in [0, 0.05) is 18.3 Å². The summed E-state index contributed by atoms with van der Waals surface area (Å²) in [6.07, 6.45) is 7.92. The molecule has 1 rings (SSSR count). The summed E-state index contributed by atoms with van der Waals surface area (Å²) in [5.74, 6) is 0. The van der Waals surface area contributed by atoms with E-state index in [4.69, 9.17) is 4.74 Å². The number of hydrogen-bond donors (Lipinski definition) is 0. The number of benzene rings is 1. The molecule has 0 saturated carbocycles. The van der Waals surface area contributed by atoms with Crippen molar-refractivity contribution >= 4 is 5.69 Å². The first-order valence-corrected chi connectivity index (χ1v) is 8.48. The van der Waals surface area contributed by atoms with Crippen LogP contribution in [0.5, 0.6) is 0 Å². The van der Waals surface area contributed by atoms with E-state index in [9.17, 15) is 0 Å². The third kappa shape index (κ3) is 7.98. The maximum absolute atomic E-state index is 5.41. The average molecular weight is 325 g/mol. The van der Waals surface area contributed by atoms with Crippen LogP contribution in [0.15, 0.2) is 79.4 Å². The summed E-state index contributed by atoms with van der Waals surface area (Å²) in [5.41, 5.74) is 3.61. The number of ether oxygens (including phenoxy) is 1. The molecule has 130 valence electrons. The summed E-state index contributed by atoms with van der Waals surface area (Å²) in [6.45, 7) is 18.1. The van der Waals surface area contributed by atoms with Gasteiger partial charge in [-0.3, -0.25) is 0 Å². The van der Waals surface area contributed by atoms with Gasteiger partial charge in [0.1, 0.15) is 0 Å². The maximum Gasteiger partial charge on any atom is 0.0652 e. The van der Waals surface area contributed by atoms with E-state index in [0.717, 1.165) is 19.4 Å². The standard InChI is InChI=1S/C22H31NO/c1-6-15-24-16-11-10-14-23(21-12-8-7-9-13-21)22(17-19(2)3)18-20(4)5/h6-13,22H,1-2,4,14-18H2,3,5H3/b11-10-. The minimum Gasteiger partial charge on any atom is -0.373 e. The first-order chi connectivity index (χ1) is 11.5. The van der Waals surface area contributed by atoms with Crippen LogP contribution in [-0.2, 0) is 4.74 Å². The van der Waals surface area contributed by atoms with E-state index < -0.39 is 0 Å². The van der Waals surface area contributed by atoms with Crippen LogP contribution in [-0.4, -0.2) is 25.8 Å². The van der Waals surface area contributed by atoms with Crippen LogP contribution in [0.2, 0.25) is 0 Å². The molecule has 0 aliphatic heterocycles. The molecule has 24 heavy (non-hydrogen) atoms. The summed E-state index contributed by atoms with van der Waals surface area (Å²) < 4.78 is 5.41. The van der Waals surface area contributed by atoms with Crippen LogP contribution < -0.4 is 4.90 Å². The van der Waals surface area contributed by atoms with Crippen LogP contribution in [0, 0.1) is 0 Å². The van der Waals surface area contributed by atoms with Gasteiger partial charge in [-0.1, -0.05) is 47.6 Å². The van der Waals surface area contributed by atoms with Gasteiger partial charge in [-0.25, -0.2) is 0 Å². The average Bonchev–Trinajstić information content (AvgIpc) is 2.53. The Morgan fingerprint density at radius 2 is 1.67 bits per heavy atom. The van der Waals surface area contributed by atoms with Crippen LogP contribution in [0.1, 0.15) is 26.7 Å². The van der Waals surface area contributed by atoms with Crippen molar-refractivity contribution in [3.05, 3.63) is 79.4 Å². The summed E-state index contributed by atoms with van der Waals surface area (Å²) in [7, 11) is 0. The quantitative estimate of drug-likeness (QED) is 0.369. The highest BCUT2D eigenvalue weighted by molar-refractivity contribution is 5.48. The second-order valence-electron chi connectivity index (χ2n) is 6.26. The van der Waals surface area contributed by atoms with E-state index in [2.05, 4.69) is 74.9 Å². The first-order valence-electron chi connectivity index (χ1n) is 8.48. The monoisotopic (exact) mass is 325 g/mol. The van der Waals surface area contributed by atoms with Gasteiger partial charge in [0.15, 0.2) is 0 Å². The summed E-state index contributed by atoms with van der Waals surface area (Å²) in [5, 5.41) is 0. The van der Waals surface area contributed by atoms with Gasteiger partial charge in [0.2, 0.25) is 0 Å². The van der Waals surface area contributed by atoms with Gasteiger partial charge >= 0.3 is 0 Å². The lowest BCUT2D eigenvalue weighted by Crippen LogP contribution is -2.36. The van der Waals surface area contributed by atoms with Crippen molar-refractivity contribution in [1.29, 1.82) is 0 Å². The Kier molecular flexibility index (Phi) is 9.55. The largest absolute Gasteiger partial charge is 0.373 e. The lowest BCUT2D eigenvalue weighted by atomic mass is 9.99. The third-order valence-electron chi connectivity index (χ3n) is 3.62. The minimum atomic E-state index is 0.362. The molecule has 0 spiro atoms. The molecule has 2 heteroatoms. The fourth-order valence-electron chi connectivity index (χ4n) is 2.66. The Morgan fingerprint density at radius 3 is 2.21 bits per heavy atom. The SMILES string of the molecule is C=CCOC/C=C\CN(c1ccccc1)C(CC(=C)C)CC(=C)C. The fraction of sp³-hybridized carbons (Fsp3) is 0.364. The first kappa shape index (κ1) is 20.0. The topological polar surface area (TPSA) is 12.5 Å². The van der Waals surface area contributed by atoms with Gasteiger partial charge in [-0.05, 0) is 38.8 Å². The number of anilines is 1. The molecule has 0 atom stereocenters. The Hall–Kier alpha value is -2.06. The van der Waals surface area contributed by atoms with Gasteiger partial charge in [-0.2, -0.15) is 0 Å². The Bertz CT molecular complexity index is 528. The molecule has 2 nitrogen and oxygen atoms in total. The van der Waals surface area contributed by atoms with E-state index in [1.165, 1.54) is 16.8 Å². The second-order valence-corrected chi connectivity index (χ2v) is 6.26. The molecule has 0 unspecified atom stereocenters. The third-order valence-corrected chi connectivity index (χ3v) is 3.62. The highest BCUT2D eigenvalue weighted by atomic mass is 16.5. The van der Waals surface area contributed by atoms with Gasteiger partial charge in [0.05, 0.1) is 13.2 Å². The van der Waals surface area contributed by atoms with Crippen LogP contribution in [0.25, 0.3) is 0 Å². The molecule has 0 N–H and O–H groups in total. The molecule has 0 saturated heterocycles. The normalized spacial score (nSPS) is 11.0. The van der Waals surface area contributed by atoms with Gasteiger partial charge in [0.25, 0.3) is 0 Å². The molecule has 0 amide bonds. The molecule has 1 aromatic rings. The number of nitrogens with zero attached hydrogens (tertiary/aromatic N) is 1. The van der Waals surface area contributed by atoms with Gasteiger partial charge in [-0.15, -0.1) is 19.7 Å². The fourth-order valence-corrected chi connectivity index (χ4v) is 2.66. The maximum atomic E-state index is 5.41. The predicted molar refractivity (Wildman–Crippen MR) is 107 cm³/mol. The summed E-state index contributed by atoms with van der Waals surface area (Å²) in [4.78, 5) is 2.42. The number of para-hydroxylation sites is 1.